The third-order valence-electron chi connectivity index (χ3n) is 4.55. The summed E-state index contributed by atoms with van der Waals surface area (Å²) in [7, 11) is 0. The Morgan fingerprint density at radius 2 is 1.53 bits per heavy atom. The van der Waals surface area contributed by atoms with E-state index in [9.17, 15) is 23.2 Å². The Balaban J connectivity index is 1.83. The van der Waals surface area contributed by atoms with Crippen LogP contribution in [0, 0.1) is 11.3 Å². The van der Waals surface area contributed by atoms with Crippen molar-refractivity contribution in [1.29, 1.82) is 5.26 Å². The van der Waals surface area contributed by atoms with E-state index in [0.29, 0.717) is 0 Å². The van der Waals surface area contributed by atoms with Gasteiger partial charge in [-0.2, -0.15) is 18.4 Å². The van der Waals surface area contributed by atoms with E-state index in [1.54, 1.807) is 6.07 Å². The van der Waals surface area contributed by atoms with Crippen molar-refractivity contribution in [1.82, 2.24) is 5.32 Å². The molecule has 0 spiro atoms. The molecule has 4 nitrogen and oxygen atoms in total. The van der Waals surface area contributed by atoms with Crippen LogP contribution >= 0.6 is 11.6 Å². The van der Waals surface area contributed by atoms with Crippen LogP contribution < -0.4 is 10.6 Å². The number of nitriles is 1. The summed E-state index contributed by atoms with van der Waals surface area (Å²) in [6.07, 6.45) is -3.42. The lowest BCUT2D eigenvalue weighted by Crippen LogP contribution is -2.21. The third kappa shape index (κ3) is 5.68. The molecule has 8 heteroatoms. The molecule has 0 saturated carbocycles. The van der Waals surface area contributed by atoms with Gasteiger partial charge >= 0.3 is 6.18 Å². The van der Waals surface area contributed by atoms with Gasteiger partial charge in [-0.25, -0.2) is 0 Å². The van der Waals surface area contributed by atoms with Crippen LogP contribution in [0.25, 0.3) is 0 Å². The van der Waals surface area contributed by atoms with E-state index in [-0.39, 0.29) is 17.3 Å². The Hall–Kier alpha value is -3.76. The Kier molecular flexibility index (Phi) is 7.18. The first-order chi connectivity index (χ1) is 15.3. The monoisotopic (exact) mass is 455 g/mol. The minimum atomic E-state index is -4.67. The van der Waals surface area contributed by atoms with Crippen molar-refractivity contribution in [3.63, 3.8) is 0 Å². The summed E-state index contributed by atoms with van der Waals surface area (Å²) in [5.41, 5.74) is 0.298. The lowest BCUT2D eigenvalue weighted by atomic mass is 9.99. The molecule has 3 rings (SSSR count). The molecule has 0 unspecified atom stereocenters. The number of hydrogen-bond donors (Lipinski definition) is 2. The summed E-state index contributed by atoms with van der Waals surface area (Å²) in [4.78, 5) is 12.5. The molecule has 3 aromatic rings. The average molecular weight is 456 g/mol. The van der Waals surface area contributed by atoms with Gasteiger partial charge in [0.05, 0.1) is 16.6 Å². The number of anilines is 1. The largest absolute Gasteiger partial charge is 0.417 e. The smallest absolute Gasteiger partial charge is 0.379 e. The molecule has 0 aromatic heterocycles. The van der Waals surface area contributed by atoms with Crippen molar-refractivity contribution in [3.8, 4) is 6.07 Å². The maximum atomic E-state index is 13.1. The number of halogens is 4. The minimum absolute atomic E-state index is 0.129. The van der Waals surface area contributed by atoms with Crippen LogP contribution in [0.15, 0.2) is 90.6 Å². The fourth-order valence-electron chi connectivity index (χ4n) is 3.01. The predicted molar refractivity (Wildman–Crippen MR) is 117 cm³/mol. The van der Waals surface area contributed by atoms with Crippen molar-refractivity contribution in [2.75, 3.05) is 5.32 Å². The fraction of sp³-hybridized carbons (Fsp3) is 0.0833. The van der Waals surface area contributed by atoms with Gasteiger partial charge in [-0.1, -0.05) is 72.3 Å². The first kappa shape index (κ1) is 22.9. The lowest BCUT2D eigenvalue weighted by Gasteiger charge is -2.19. The van der Waals surface area contributed by atoms with Crippen LogP contribution in [0.3, 0.4) is 0 Å². The van der Waals surface area contributed by atoms with E-state index in [4.69, 9.17) is 11.6 Å². The first-order valence-electron chi connectivity index (χ1n) is 9.44. The Morgan fingerprint density at radius 1 is 0.969 bits per heavy atom. The quantitative estimate of drug-likeness (QED) is 0.349. The van der Waals surface area contributed by atoms with E-state index in [0.717, 1.165) is 23.3 Å². The highest BCUT2D eigenvalue weighted by molar-refractivity contribution is 6.31. The second-order valence-electron chi connectivity index (χ2n) is 6.74. The highest BCUT2D eigenvalue weighted by Crippen LogP contribution is 2.36. The zero-order valence-electron chi connectivity index (χ0n) is 16.5. The molecule has 3 aromatic carbocycles. The number of benzene rings is 3. The van der Waals surface area contributed by atoms with Crippen LogP contribution in [0.5, 0.6) is 0 Å². The van der Waals surface area contributed by atoms with Crippen molar-refractivity contribution in [2.24, 2.45) is 0 Å². The first-order valence-corrected chi connectivity index (χ1v) is 9.81. The maximum Gasteiger partial charge on any atom is 0.417 e. The number of carbonyl (C=O) groups is 1. The van der Waals surface area contributed by atoms with Crippen LogP contribution in [0.2, 0.25) is 5.02 Å². The third-order valence-corrected chi connectivity index (χ3v) is 4.88. The molecule has 0 aliphatic heterocycles. The molecule has 0 atom stereocenters. The second-order valence-corrected chi connectivity index (χ2v) is 7.14. The number of rotatable bonds is 6. The Morgan fingerprint density at radius 3 is 2.03 bits per heavy atom. The summed E-state index contributed by atoms with van der Waals surface area (Å²) in [6, 6.07) is 23.2. The number of alkyl halides is 3. The van der Waals surface area contributed by atoms with Gasteiger partial charge in [0.15, 0.2) is 0 Å². The standard InChI is InChI=1S/C24H17ClF3N3O/c25-21-12-11-19(13-20(21)24(26,27)28)31-23(32)18(14-29)15-30-22(16-7-3-1-4-8-16)17-9-5-2-6-10-17/h1-13,15,22,30H,(H,31,32)/b18-15-. The second kappa shape index (κ2) is 10.0. The number of amides is 1. The normalized spacial score (nSPS) is 11.7. The molecule has 32 heavy (non-hydrogen) atoms. The summed E-state index contributed by atoms with van der Waals surface area (Å²) in [5.74, 6) is -0.852. The van der Waals surface area contributed by atoms with Gasteiger partial charge in [0.1, 0.15) is 11.6 Å². The molecule has 0 heterocycles. The zero-order chi connectivity index (χ0) is 23.1. The summed E-state index contributed by atoms with van der Waals surface area (Å²) in [5, 5.41) is 14.3. The highest BCUT2D eigenvalue weighted by atomic mass is 35.5. The molecule has 0 aliphatic carbocycles. The Labute approximate surface area is 187 Å². The van der Waals surface area contributed by atoms with Gasteiger partial charge in [-0.3, -0.25) is 4.79 Å². The van der Waals surface area contributed by atoms with Gasteiger partial charge in [0, 0.05) is 11.9 Å². The molecule has 0 bridgehead atoms. The van der Waals surface area contributed by atoms with Gasteiger partial charge in [0.2, 0.25) is 0 Å². The highest BCUT2D eigenvalue weighted by Gasteiger charge is 2.33. The van der Waals surface area contributed by atoms with Crippen LogP contribution in [0.1, 0.15) is 22.7 Å². The molecule has 162 valence electrons. The van der Waals surface area contributed by atoms with E-state index in [1.807, 2.05) is 60.7 Å². The molecule has 2 N–H and O–H groups in total. The van der Waals surface area contributed by atoms with E-state index >= 15 is 0 Å². The van der Waals surface area contributed by atoms with Gasteiger partial charge in [-0.05, 0) is 29.3 Å². The van der Waals surface area contributed by atoms with Gasteiger partial charge < -0.3 is 10.6 Å². The molecule has 0 aliphatic rings. The number of nitrogens with zero attached hydrogens (tertiary/aromatic N) is 1. The van der Waals surface area contributed by atoms with Crippen molar-refractivity contribution >= 4 is 23.2 Å². The molecule has 0 radical (unpaired) electrons. The Bertz CT molecular complexity index is 1120. The predicted octanol–water partition coefficient (Wildman–Crippen LogP) is 6.08. The van der Waals surface area contributed by atoms with Gasteiger partial charge in [0.25, 0.3) is 5.91 Å². The number of nitrogens with one attached hydrogen (secondary N) is 2. The van der Waals surface area contributed by atoms with Crippen molar-refractivity contribution in [2.45, 2.75) is 12.2 Å². The summed E-state index contributed by atoms with van der Waals surface area (Å²) >= 11 is 5.60. The van der Waals surface area contributed by atoms with Gasteiger partial charge in [-0.15, -0.1) is 0 Å². The molecule has 0 saturated heterocycles. The fourth-order valence-corrected chi connectivity index (χ4v) is 3.23. The molecular formula is C24H17ClF3N3O. The maximum absolute atomic E-state index is 13.1. The summed E-state index contributed by atoms with van der Waals surface area (Å²) in [6.45, 7) is 0. The van der Waals surface area contributed by atoms with Crippen LogP contribution in [-0.4, -0.2) is 5.91 Å². The SMILES string of the molecule is N#C/C(=C/NC(c1ccccc1)c1ccccc1)C(=O)Nc1ccc(Cl)c(C(F)(F)F)c1. The van der Waals surface area contributed by atoms with Crippen LogP contribution in [-0.2, 0) is 11.0 Å². The lowest BCUT2D eigenvalue weighted by molar-refractivity contribution is -0.137. The molecular weight excluding hydrogens is 439 g/mol. The van der Waals surface area contributed by atoms with E-state index in [1.165, 1.54) is 12.3 Å². The van der Waals surface area contributed by atoms with Crippen molar-refractivity contribution < 1.29 is 18.0 Å². The number of carbonyl (C=O) groups excluding carboxylic acids is 1. The average Bonchev–Trinajstić information content (AvgIpc) is 2.78. The molecule has 0 fully saturated rings. The topological polar surface area (TPSA) is 64.9 Å². The van der Waals surface area contributed by atoms with E-state index < -0.39 is 22.7 Å². The van der Waals surface area contributed by atoms with Crippen LogP contribution in [0.4, 0.5) is 18.9 Å². The minimum Gasteiger partial charge on any atom is -0.379 e. The van der Waals surface area contributed by atoms with Crippen molar-refractivity contribution in [3.05, 3.63) is 112 Å². The summed E-state index contributed by atoms with van der Waals surface area (Å²) < 4.78 is 39.2. The van der Waals surface area contributed by atoms with E-state index in [2.05, 4.69) is 10.6 Å². The number of hydrogen-bond acceptors (Lipinski definition) is 3. The zero-order valence-corrected chi connectivity index (χ0v) is 17.3. The molecule has 1 amide bonds.